The zero-order valence-electron chi connectivity index (χ0n) is 6.91. The van der Waals surface area contributed by atoms with Gasteiger partial charge in [-0.15, -0.1) is 0 Å². The molecule has 1 N–H and O–H groups in total. The van der Waals surface area contributed by atoms with Gasteiger partial charge in [0, 0.05) is 6.54 Å². The van der Waals surface area contributed by atoms with Crippen LogP contribution >= 0.6 is 23.2 Å². The molecule has 1 heterocycles. The van der Waals surface area contributed by atoms with Crippen molar-refractivity contribution in [2.24, 2.45) is 0 Å². The fourth-order valence-electron chi connectivity index (χ4n) is 1.49. The lowest BCUT2D eigenvalue weighted by atomic mass is 10.0. The largest absolute Gasteiger partial charge is 1.00 e. The highest BCUT2D eigenvalue weighted by Gasteiger charge is 2.13. The molecule has 4 heteroatoms. The minimum atomic E-state index is 0. The molecule has 0 fully saturated rings. The van der Waals surface area contributed by atoms with Crippen LogP contribution in [0.4, 0.5) is 0 Å². The predicted molar refractivity (Wildman–Crippen MR) is 51.9 cm³/mol. The molecule has 0 aromatic heterocycles. The minimum Gasteiger partial charge on any atom is -1.00 e. The van der Waals surface area contributed by atoms with Crippen molar-refractivity contribution in [3.63, 3.8) is 0 Å². The summed E-state index contributed by atoms with van der Waals surface area (Å²) in [4.78, 5) is 0. The maximum atomic E-state index is 6.04. The zero-order valence-corrected chi connectivity index (χ0v) is 9.18. The predicted octanol–water partition coefficient (Wildman–Crippen LogP) is -0.357. The van der Waals surface area contributed by atoms with Crippen LogP contribution in [-0.4, -0.2) is 6.54 Å². The summed E-state index contributed by atoms with van der Waals surface area (Å²) in [7, 11) is 0. The molecular formula is C9H9Cl3N-. The molecule has 0 atom stereocenters. The Hall–Kier alpha value is 0.0500. The van der Waals surface area contributed by atoms with Crippen LogP contribution in [0, 0.1) is 0 Å². The van der Waals surface area contributed by atoms with Crippen LogP contribution in [0.3, 0.4) is 0 Å². The first-order chi connectivity index (χ1) is 5.79. The third kappa shape index (κ3) is 2.10. The van der Waals surface area contributed by atoms with Crippen LogP contribution in [0.15, 0.2) is 12.1 Å². The van der Waals surface area contributed by atoms with Gasteiger partial charge in [0.05, 0.1) is 10.0 Å². The summed E-state index contributed by atoms with van der Waals surface area (Å²) in [6, 6.07) is 3.93. The standard InChI is InChI=1S/C9H9Cl2N.ClH/c10-8-2-1-6-3-4-12-5-7(6)9(8)11;/h1-2,12H,3-5H2;1H/p-1. The molecule has 0 amide bonds. The molecule has 1 nitrogen and oxygen atoms in total. The Morgan fingerprint density at radius 1 is 1.23 bits per heavy atom. The fourth-order valence-corrected chi connectivity index (χ4v) is 1.92. The van der Waals surface area contributed by atoms with E-state index in [1.54, 1.807) is 0 Å². The lowest BCUT2D eigenvalue weighted by Crippen LogP contribution is -3.00. The van der Waals surface area contributed by atoms with Crippen molar-refractivity contribution in [2.45, 2.75) is 13.0 Å². The van der Waals surface area contributed by atoms with E-state index in [1.807, 2.05) is 6.07 Å². The maximum Gasteiger partial charge on any atom is 0.0639 e. The molecule has 0 aliphatic carbocycles. The molecule has 1 aliphatic heterocycles. The van der Waals surface area contributed by atoms with E-state index in [9.17, 15) is 0 Å². The van der Waals surface area contributed by atoms with E-state index < -0.39 is 0 Å². The van der Waals surface area contributed by atoms with Crippen LogP contribution in [0.25, 0.3) is 0 Å². The second-order valence-corrected chi connectivity index (χ2v) is 3.71. The van der Waals surface area contributed by atoms with E-state index in [0.717, 1.165) is 25.1 Å². The monoisotopic (exact) mass is 236 g/mol. The van der Waals surface area contributed by atoms with E-state index in [-0.39, 0.29) is 12.4 Å². The first kappa shape index (κ1) is 11.1. The number of halogens is 3. The highest BCUT2D eigenvalue weighted by Crippen LogP contribution is 2.29. The molecule has 2 rings (SSSR count). The van der Waals surface area contributed by atoms with E-state index in [0.29, 0.717) is 10.0 Å². The number of hydrogen-bond acceptors (Lipinski definition) is 1. The van der Waals surface area contributed by atoms with Crippen molar-refractivity contribution in [1.29, 1.82) is 0 Å². The Kier molecular flexibility index (Phi) is 3.87. The van der Waals surface area contributed by atoms with E-state index >= 15 is 0 Å². The first-order valence-corrected chi connectivity index (χ1v) is 4.71. The van der Waals surface area contributed by atoms with Gasteiger partial charge >= 0.3 is 0 Å². The molecule has 1 aromatic carbocycles. The quantitative estimate of drug-likeness (QED) is 0.650. The van der Waals surface area contributed by atoms with Gasteiger partial charge in [-0.25, -0.2) is 0 Å². The highest BCUT2D eigenvalue weighted by molar-refractivity contribution is 6.42. The number of fused-ring (bicyclic) bond motifs is 1. The van der Waals surface area contributed by atoms with Crippen LogP contribution in [0.5, 0.6) is 0 Å². The van der Waals surface area contributed by atoms with Gasteiger partial charge in [0.25, 0.3) is 0 Å². The maximum absolute atomic E-state index is 6.04. The van der Waals surface area contributed by atoms with Crippen molar-refractivity contribution in [2.75, 3.05) is 6.54 Å². The second-order valence-electron chi connectivity index (χ2n) is 2.93. The van der Waals surface area contributed by atoms with Crippen molar-refractivity contribution < 1.29 is 12.4 Å². The minimum absolute atomic E-state index is 0. The number of benzene rings is 1. The van der Waals surface area contributed by atoms with E-state index in [4.69, 9.17) is 23.2 Å². The van der Waals surface area contributed by atoms with Crippen LogP contribution in [-0.2, 0) is 13.0 Å². The van der Waals surface area contributed by atoms with Crippen molar-refractivity contribution in [3.8, 4) is 0 Å². The summed E-state index contributed by atoms with van der Waals surface area (Å²) < 4.78 is 0. The summed E-state index contributed by atoms with van der Waals surface area (Å²) in [6.07, 6.45) is 1.05. The van der Waals surface area contributed by atoms with Gasteiger partial charge in [-0.2, -0.15) is 0 Å². The molecule has 0 unspecified atom stereocenters. The fraction of sp³-hybridized carbons (Fsp3) is 0.333. The molecule has 0 saturated carbocycles. The van der Waals surface area contributed by atoms with Crippen molar-refractivity contribution in [1.82, 2.24) is 5.32 Å². The third-order valence-electron chi connectivity index (χ3n) is 2.17. The normalized spacial score (nSPS) is 14.6. The molecular weight excluding hydrogens is 228 g/mol. The highest BCUT2D eigenvalue weighted by atomic mass is 35.5. The molecule has 0 saturated heterocycles. The van der Waals surface area contributed by atoms with Gasteiger partial charge < -0.3 is 17.7 Å². The zero-order chi connectivity index (χ0) is 8.55. The van der Waals surface area contributed by atoms with Gasteiger partial charge in [0.15, 0.2) is 0 Å². The summed E-state index contributed by atoms with van der Waals surface area (Å²) in [6.45, 7) is 1.87. The molecule has 72 valence electrons. The average Bonchev–Trinajstić information content (AvgIpc) is 2.12. The summed E-state index contributed by atoms with van der Waals surface area (Å²) in [5, 5.41) is 4.63. The molecule has 0 spiro atoms. The number of nitrogens with one attached hydrogen (secondary N) is 1. The third-order valence-corrected chi connectivity index (χ3v) is 3.01. The average molecular weight is 238 g/mol. The Balaban J connectivity index is 0.000000845. The summed E-state index contributed by atoms with van der Waals surface area (Å²) in [5.74, 6) is 0. The molecule has 0 radical (unpaired) electrons. The second kappa shape index (κ2) is 4.52. The lowest BCUT2D eigenvalue weighted by molar-refractivity contribution is -0.00000226. The van der Waals surface area contributed by atoms with Gasteiger partial charge in [-0.3, -0.25) is 0 Å². The Morgan fingerprint density at radius 2 is 2.00 bits per heavy atom. The SMILES string of the molecule is Clc1ccc2c(c1Cl)CNCC2.[Cl-]. The van der Waals surface area contributed by atoms with Gasteiger partial charge in [-0.05, 0) is 30.2 Å². The van der Waals surface area contributed by atoms with Gasteiger partial charge in [-0.1, -0.05) is 29.3 Å². The molecule has 1 aliphatic rings. The first-order valence-electron chi connectivity index (χ1n) is 3.95. The van der Waals surface area contributed by atoms with Gasteiger partial charge in [0.2, 0.25) is 0 Å². The number of hydrogen-bond donors (Lipinski definition) is 1. The Labute approximate surface area is 93.8 Å². The smallest absolute Gasteiger partial charge is 0.0639 e. The van der Waals surface area contributed by atoms with Crippen LogP contribution in [0.2, 0.25) is 10.0 Å². The Morgan fingerprint density at radius 3 is 2.77 bits per heavy atom. The summed E-state index contributed by atoms with van der Waals surface area (Å²) >= 11 is 11.9. The number of rotatable bonds is 0. The van der Waals surface area contributed by atoms with Crippen molar-refractivity contribution >= 4 is 23.2 Å². The molecule has 1 aromatic rings. The van der Waals surface area contributed by atoms with E-state index in [1.165, 1.54) is 5.56 Å². The molecule has 0 bridgehead atoms. The molecule has 13 heavy (non-hydrogen) atoms. The summed E-state index contributed by atoms with van der Waals surface area (Å²) in [5.41, 5.74) is 2.48. The lowest BCUT2D eigenvalue weighted by Gasteiger charge is -2.18. The van der Waals surface area contributed by atoms with Gasteiger partial charge in [0.1, 0.15) is 0 Å². The van der Waals surface area contributed by atoms with Crippen molar-refractivity contribution in [3.05, 3.63) is 33.3 Å². The topological polar surface area (TPSA) is 12.0 Å². The van der Waals surface area contributed by atoms with Crippen LogP contribution < -0.4 is 17.7 Å². The Bertz CT molecular complexity index is 312. The van der Waals surface area contributed by atoms with Crippen LogP contribution in [0.1, 0.15) is 11.1 Å². The van der Waals surface area contributed by atoms with E-state index in [2.05, 4.69) is 11.4 Å².